The predicted molar refractivity (Wildman–Crippen MR) is 66.8 cm³/mol. The molecule has 1 aromatic carbocycles. The average Bonchev–Trinajstić information content (AvgIpc) is 2.76. The molecule has 0 amide bonds. The van der Waals surface area contributed by atoms with E-state index in [4.69, 9.17) is 16.0 Å². The number of nitrogens with one attached hydrogen (secondary N) is 1. The monoisotopic (exact) mass is 253 g/mol. The molecule has 0 aliphatic heterocycles. The van der Waals surface area contributed by atoms with E-state index in [0.29, 0.717) is 17.3 Å². The minimum atomic E-state index is -0.341. The second-order valence-electron chi connectivity index (χ2n) is 3.70. The van der Waals surface area contributed by atoms with Crippen molar-refractivity contribution in [1.82, 2.24) is 0 Å². The van der Waals surface area contributed by atoms with E-state index < -0.39 is 0 Å². The second kappa shape index (κ2) is 5.23. The summed E-state index contributed by atoms with van der Waals surface area (Å²) in [5, 5.41) is 3.47. The van der Waals surface area contributed by atoms with Crippen molar-refractivity contribution < 1.29 is 8.81 Å². The number of benzene rings is 1. The fraction of sp³-hybridized carbons (Fsp3) is 0.231. The number of furan rings is 1. The number of hydrogen-bond acceptors (Lipinski definition) is 2. The molecule has 2 rings (SSSR count). The topological polar surface area (TPSA) is 25.2 Å². The average molecular weight is 254 g/mol. The lowest BCUT2D eigenvalue weighted by Crippen LogP contribution is -1.98. The van der Waals surface area contributed by atoms with Gasteiger partial charge in [-0.1, -0.05) is 18.5 Å². The van der Waals surface area contributed by atoms with Crippen LogP contribution >= 0.6 is 11.6 Å². The quantitative estimate of drug-likeness (QED) is 0.881. The maximum atomic E-state index is 12.8. The van der Waals surface area contributed by atoms with Crippen molar-refractivity contribution in [1.29, 1.82) is 0 Å². The number of hydrogen-bond donors (Lipinski definition) is 1. The van der Waals surface area contributed by atoms with Crippen molar-refractivity contribution in [2.24, 2.45) is 0 Å². The van der Waals surface area contributed by atoms with Gasteiger partial charge in [0.15, 0.2) is 0 Å². The molecule has 0 aliphatic rings. The Morgan fingerprint density at radius 3 is 2.65 bits per heavy atom. The van der Waals surface area contributed by atoms with Crippen LogP contribution in [0, 0.1) is 5.82 Å². The summed E-state index contributed by atoms with van der Waals surface area (Å²) in [5.74, 6) is 1.45. The Balaban J connectivity index is 2.02. The molecule has 0 aliphatic carbocycles. The minimum absolute atomic E-state index is 0.341. The van der Waals surface area contributed by atoms with Gasteiger partial charge in [0, 0.05) is 6.42 Å². The third kappa shape index (κ3) is 3.01. The maximum Gasteiger partial charge on any atom is 0.124 e. The molecule has 17 heavy (non-hydrogen) atoms. The Labute approximate surface area is 104 Å². The van der Waals surface area contributed by atoms with Crippen molar-refractivity contribution >= 4 is 17.3 Å². The summed E-state index contributed by atoms with van der Waals surface area (Å²) >= 11 is 5.90. The van der Waals surface area contributed by atoms with Crippen LogP contribution in [0.15, 0.2) is 34.7 Å². The normalized spacial score (nSPS) is 10.5. The van der Waals surface area contributed by atoms with Crippen molar-refractivity contribution in [3.05, 3.63) is 52.7 Å². The molecule has 0 unspecified atom stereocenters. The number of halogens is 2. The van der Waals surface area contributed by atoms with E-state index in [2.05, 4.69) is 5.32 Å². The van der Waals surface area contributed by atoms with Crippen LogP contribution in [0.4, 0.5) is 10.1 Å². The first-order valence-corrected chi connectivity index (χ1v) is 5.83. The Hall–Kier alpha value is -1.48. The first-order chi connectivity index (χ1) is 8.19. The van der Waals surface area contributed by atoms with Gasteiger partial charge in [-0.2, -0.15) is 0 Å². The molecule has 0 bridgehead atoms. The van der Waals surface area contributed by atoms with E-state index in [-0.39, 0.29) is 5.82 Å². The third-order valence-corrected chi connectivity index (χ3v) is 2.76. The molecular weight excluding hydrogens is 241 g/mol. The van der Waals surface area contributed by atoms with Gasteiger partial charge in [0.2, 0.25) is 0 Å². The van der Waals surface area contributed by atoms with Gasteiger partial charge in [-0.15, -0.1) is 0 Å². The SMILES string of the molecule is CCc1ccc(CNc2ccc(F)cc2Cl)o1. The van der Waals surface area contributed by atoms with Crippen LogP contribution in [-0.4, -0.2) is 0 Å². The molecule has 0 saturated carbocycles. The smallest absolute Gasteiger partial charge is 0.124 e. The van der Waals surface area contributed by atoms with Crippen LogP contribution in [0.5, 0.6) is 0 Å². The molecule has 0 spiro atoms. The van der Waals surface area contributed by atoms with E-state index in [1.807, 2.05) is 19.1 Å². The first-order valence-electron chi connectivity index (χ1n) is 5.45. The van der Waals surface area contributed by atoms with E-state index in [1.165, 1.54) is 12.1 Å². The van der Waals surface area contributed by atoms with Crippen LogP contribution < -0.4 is 5.32 Å². The van der Waals surface area contributed by atoms with E-state index >= 15 is 0 Å². The summed E-state index contributed by atoms with van der Waals surface area (Å²) in [4.78, 5) is 0. The molecule has 2 nitrogen and oxygen atoms in total. The summed E-state index contributed by atoms with van der Waals surface area (Å²) in [6.07, 6.45) is 0.872. The van der Waals surface area contributed by atoms with Gasteiger partial charge in [0.1, 0.15) is 17.3 Å². The van der Waals surface area contributed by atoms with Crippen LogP contribution in [0.25, 0.3) is 0 Å². The standard InChI is InChI=1S/C13H13ClFNO/c1-2-10-4-5-11(17-10)8-16-13-6-3-9(15)7-12(13)14/h3-7,16H,2,8H2,1H3. The van der Waals surface area contributed by atoms with Crippen molar-refractivity contribution in [2.45, 2.75) is 19.9 Å². The highest BCUT2D eigenvalue weighted by atomic mass is 35.5. The van der Waals surface area contributed by atoms with Gasteiger partial charge in [0.05, 0.1) is 17.3 Å². The molecule has 0 saturated heterocycles. The Morgan fingerprint density at radius 1 is 1.24 bits per heavy atom. The summed E-state index contributed by atoms with van der Waals surface area (Å²) in [6, 6.07) is 8.13. The molecule has 2 aromatic rings. The molecule has 0 radical (unpaired) electrons. The van der Waals surface area contributed by atoms with Crippen molar-refractivity contribution in [2.75, 3.05) is 5.32 Å². The first kappa shape index (κ1) is 12.0. The molecule has 0 atom stereocenters. The fourth-order valence-electron chi connectivity index (χ4n) is 1.52. The lowest BCUT2D eigenvalue weighted by Gasteiger charge is -2.06. The van der Waals surface area contributed by atoms with Crippen molar-refractivity contribution in [3.63, 3.8) is 0 Å². The molecule has 1 aromatic heterocycles. The van der Waals surface area contributed by atoms with E-state index in [0.717, 1.165) is 17.9 Å². The molecule has 0 fully saturated rings. The zero-order valence-corrected chi connectivity index (χ0v) is 10.2. The highest BCUT2D eigenvalue weighted by Crippen LogP contribution is 2.23. The fourth-order valence-corrected chi connectivity index (χ4v) is 1.76. The summed E-state index contributed by atoms with van der Waals surface area (Å²) in [6.45, 7) is 2.57. The molecule has 90 valence electrons. The van der Waals surface area contributed by atoms with Gasteiger partial charge >= 0.3 is 0 Å². The molecule has 1 N–H and O–H groups in total. The lowest BCUT2D eigenvalue weighted by molar-refractivity contribution is 0.476. The molecule has 1 heterocycles. The lowest BCUT2D eigenvalue weighted by atomic mass is 10.3. The number of aryl methyl sites for hydroxylation is 1. The van der Waals surface area contributed by atoms with Crippen molar-refractivity contribution in [3.8, 4) is 0 Å². The zero-order chi connectivity index (χ0) is 12.3. The van der Waals surface area contributed by atoms with Crippen LogP contribution in [0.3, 0.4) is 0 Å². The minimum Gasteiger partial charge on any atom is -0.464 e. The van der Waals surface area contributed by atoms with Gasteiger partial charge in [-0.25, -0.2) is 4.39 Å². The van der Waals surface area contributed by atoms with Crippen LogP contribution in [-0.2, 0) is 13.0 Å². The van der Waals surface area contributed by atoms with Gasteiger partial charge in [0.25, 0.3) is 0 Å². The number of anilines is 1. The third-order valence-electron chi connectivity index (χ3n) is 2.45. The second-order valence-corrected chi connectivity index (χ2v) is 4.11. The van der Waals surface area contributed by atoms with Gasteiger partial charge in [-0.3, -0.25) is 0 Å². The summed E-state index contributed by atoms with van der Waals surface area (Å²) in [5.41, 5.74) is 0.697. The zero-order valence-electron chi connectivity index (χ0n) is 9.47. The maximum absolute atomic E-state index is 12.8. The molecular formula is C13H13ClFNO. The van der Waals surface area contributed by atoms with Crippen LogP contribution in [0.1, 0.15) is 18.4 Å². The van der Waals surface area contributed by atoms with Gasteiger partial charge in [-0.05, 0) is 30.3 Å². The highest BCUT2D eigenvalue weighted by Gasteiger charge is 2.04. The van der Waals surface area contributed by atoms with E-state index in [9.17, 15) is 4.39 Å². The summed E-state index contributed by atoms with van der Waals surface area (Å²) < 4.78 is 18.4. The number of rotatable bonds is 4. The summed E-state index contributed by atoms with van der Waals surface area (Å²) in [7, 11) is 0. The predicted octanol–water partition coefficient (Wildman–Crippen LogP) is 4.25. The van der Waals surface area contributed by atoms with E-state index in [1.54, 1.807) is 6.07 Å². The Morgan fingerprint density at radius 2 is 2.00 bits per heavy atom. The van der Waals surface area contributed by atoms with Crippen LogP contribution in [0.2, 0.25) is 5.02 Å². The highest BCUT2D eigenvalue weighted by molar-refractivity contribution is 6.33. The Kier molecular flexibility index (Phi) is 3.69. The largest absolute Gasteiger partial charge is 0.464 e. The molecule has 4 heteroatoms. The van der Waals surface area contributed by atoms with Gasteiger partial charge < -0.3 is 9.73 Å². The Bertz CT molecular complexity index is 510.